The van der Waals surface area contributed by atoms with Crippen LogP contribution in [0.25, 0.3) is 0 Å². The molecule has 14 heavy (non-hydrogen) atoms. The van der Waals surface area contributed by atoms with Gasteiger partial charge in [0.15, 0.2) is 0 Å². The summed E-state index contributed by atoms with van der Waals surface area (Å²) in [6.45, 7) is 4.79. The Hall–Kier alpha value is -0.740. The van der Waals surface area contributed by atoms with Gasteiger partial charge in [0.25, 0.3) is 0 Å². The Morgan fingerprint density at radius 1 is 1.64 bits per heavy atom. The Morgan fingerprint density at radius 2 is 2.29 bits per heavy atom. The summed E-state index contributed by atoms with van der Waals surface area (Å²) < 4.78 is 0. The summed E-state index contributed by atoms with van der Waals surface area (Å²) in [5, 5.41) is 0. The van der Waals surface area contributed by atoms with Gasteiger partial charge in [0.05, 0.1) is 6.04 Å². The fourth-order valence-corrected chi connectivity index (χ4v) is 2.34. The summed E-state index contributed by atoms with van der Waals surface area (Å²) in [5.74, 6) is 0.0588. The quantitative estimate of drug-likeness (QED) is 0.636. The summed E-state index contributed by atoms with van der Waals surface area (Å²) >= 11 is 0. The standard InChI is InChI=1S/C10H18N2O2/c1-3-12-9(7(2)14)4-8(6-13)10(12)5-11/h6,8-10H,3-5,11H2,1-2H3/t8-,9+,10-/m0/s1. The third-order valence-electron chi connectivity index (χ3n) is 3.07. The normalized spacial score (nSPS) is 33.2. The van der Waals surface area contributed by atoms with Crippen LogP contribution in [0.2, 0.25) is 0 Å². The van der Waals surface area contributed by atoms with Crippen molar-refractivity contribution in [3.63, 3.8) is 0 Å². The molecule has 80 valence electrons. The Balaban J connectivity index is 2.83. The highest BCUT2D eigenvalue weighted by molar-refractivity contribution is 5.82. The molecule has 0 aromatic carbocycles. The zero-order valence-electron chi connectivity index (χ0n) is 8.77. The van der Waals surface area contributed by atoms with E-state index in [0.717, 1.165) is 12.8 Å². The molecule has 0 amide bonds. The molecule has 0 aliphatic carbocycles. The molecule has 0 radical (unpaired) electrons. The second-order valence-electron chi connectivity index (χ2n) is 3.80. The number of likely N-dealkylation sites (N-methyl/N-ethyl adjacent to an activating group) is 1. The number of carbonyl (C=O) groups excluding carboxylic acids is 2. The summed E-state index contributed by atoms with van der Waals surface area (Å²) in [5.41, 5.74) is 5.62. The lowest BCUT2D eigenvalue weighted by Gasteiger charge is -2.27. The summed E-state index contributed by atoms with van der Waals surface area (Å²) in [6, 6.07) is -0.0600. The highest BCUT2D eigenvalue weighted by Crippen LogP contribution is 2.28. The van der Waals surface area contributed by atoms with Gasteiger partial charge in [0.1, 0.15) is 12.1 Å². The van der Waals surface area contributed by atoms with Crippen molar-refractivity contribution in [1.82, 2.24) is 4.90 Å². The molecule has 1 aliphatic rings. The van der Waals surface area contributed by atoms with Crippen molar-refractivity contribution in [2.24, 2.45) is 11.7 Å². The molecule has 0 aromatic heterocycles. The van der Waals surface area contributed by atoms with Crippen LogP contribution < -0.4 is 5.73 Å². The van der Waals surface area contributed by atoms with Crippen molar-refractivity contribution in [2.75, 3.05) is 13.1 Å². The molecule has 1 fully saturated rings. The Morgan fingerprint density at radius 3 is 2.64 bits per heavy atom. The minimum atomic E-state index is -0.108. The second kappa shape index (κ2) is 4.66. The highest BCUT2D eigenvalue weighted by atomic mass is 16.1. The minimum Gasteiger partial charge on any atom is -0.329 e. The maximum atomic E-state index is 11.3. The molecule has 0 saturated carbocycles. The molecule has 0 unspecified atom stereocenters. The van der Waals surface area contributed by atoms with Crippen molar-refractivity contribution in [2.45, 2.75) is 32.4 Å². The number of rotatable bonds is 4. The number of likely N-dealkylation sites (tertiary alicyclic amines) is 1. The zero-order chi connectivity index (χ0) is 10.7. The first-order valence-electron chi connectivity index (χ1n) is 5.07. The van der Waals surface area contributed by atoms with Crippen molar-refractivity contribution in [3.8, 4) is 0 Å². The number of ketones is 1. The highest BCUT2D eigenvalue weighted by Gasteiger charge is 2.41. The first-order valence-corrected chi connectivity index (χ1v) is 5.07. The van der Waals surface area contributed by atoms with E-state index in [9.17, 15) is 9.59 Å². The molecular formula is C10H18N2O2. The molecule has 4 nitrogen and oxygen atoms in total. The number of hydrogen-bond donors (Lipinski definition) is 1. The molecule has 1 aliphatic heterocycles. The van der Waals surface area contributed by atoms with E-state index in [-0.39, 0.29) is 23.8 Å². The lowest BCUT2D eigenvalue weighted by molar-refractivity contribution is -0.121. The van der Waals surface area contributed by atoms with Crippen molar-refractivity contribution in [1.29, 1.82) is 0 Å². The van der Waals surface area contributed by atoms with E-state index in [2.05, 4.69) is 0 Å². The summed E-state index contributed by atoms with van der Waals surface area (Å²) in [4.78, 5) is 24.2. The van der Waals surface area contributed by atoms with Crippen LogP contribution in [0.5, 0.6) is 0 Å². The topological polar surface area (TPSA) is 63.4 Å². The predicted octanol–water partition coefficient (Wildman–Crippen LogP) is -0.188. The Labute approximate surface area is 84.4 Å². The van der Waals surface area contributed by atoms with Gasteiger partial charge < -0.3 is 10.5 Å². The Kier molecular flexibility index (Phi) is 3.77. The molecule has 1 saturated heterocycles. The lowest BCUT2D eigenvalue weighted by atomic mass is 10.00. The van der Waals surface area contributed by atoms with E-state index < -0.39 is 0 Å². The van der Waals surface area contributed by atoms with Gasteiger partial charge in [-0.1, -0.05) is 6.92 Å². The van der Waals surface area contributed by atoms with Crippen LogP contribution in [-0.4, -0.2) is 42.1 Å². The van der Waals surface area contributed by atoms with E-state index in [4.69, 9.17) is 5.73 Å². The van der Waals surface area contributed by atoms with Crippen LogP contribution in [0.15, 0.2) is 0 Å². The van der Waals surface area contributed by atoms with Crippen molar-refractivity contribution >= 4 is 12.1 Å². The molecule has 3 atom stereocenters. The SMILES string of the molecule is CCN1[C@@H](C(C)=O)C[C@@H](C=O)[C@@H]1CN. The van der Waals surface area contributed by atoms with Crippen LogP contribution in [0.1, 0.15) is 20.3 Å². The number of aldehydes is 1. The molecule has 4 heteroatoms. The molecule has 2 N–H and O–H groups in total. The van der Waals surface area contributed by atoms with Gasteiger partial charge in [0.2, 0.25) is 0 Å². The van der Waals surface area contributed by atoms with Gasteiger partial charge in [-0.15, -0.1) is 0 Å². The van der Waals surface area contributed by atoms with Crippen LogP contribution in [0.3, 0.4) is 0 Å². The third-order valence-corrected chi connectivity index (χ3v) is 3.07. The number of Topliss-reactive ketones (excluding diaryl/α,β-unsaturated/α-hetero) is 1. The van der Waals surface area contributed by atoms with Crippen LogP contribution >= 0.6 is 0 Å². The molecule has 0 spiro atoms. The fraction of sp³-hybridized carbons (Fsp3) is 0.800. The lowest BCUT2D eigenvalue weighted by Crippen LogP contribution is -2.44. The maximum Gasteiger partial charge on any atom is 0.146 e. The van der Waals surface area contributed by atoms with Gasteiger partial charge in [-0.2, -0.15) is 0 Å². The zero-order valence-corrected chi connectivity index (χ0v) is 8.77. The second-order valence-corrected chi connectivity index (χ2v) is 3.80. The Bertz CT molecular complexity index is 230. The molecule has 1 rings (SSSR count). The van der Waals surface area contributed by atoms with Gasteiger partial charge in [-0.05, 0) is 19.9 Å². The molecule has 0 aromatic rings. The molecular weight excluding hydrogens is 180 g/mol. The average Bonchev–Trinajstić information content (AvgIpc) is 2.54. The maximum absolute atomic E-state index is 11.3. The van der Waals surface area contributed by atoms with Crippen molar-refractivity contribution in [3.05, 3.63) is 0 Å². The van der Waals surface area contributed by atoms with Gasteiger partial charge in [-0.25, -0.2) is 0 Å². The third kappa shape index (κ3) is 1.86. The monoisotopic (exact) mass is 198 g/mol. The van der Waals surface area contributed by atoms with Crippen LogP contribution in [-0.2, 0) is 9.59 Å². The first kappa shape index (κ1) is 11.3. The molecule has 1 heterocycles. The average molecular weight is 198 g/mol. The van der Waals surface area contributed by atoms with E-state index >= 15 is 0 Å². The number of carbonyl (C=O) groups is 2. The predicted molar refractivity (Wildman–Crippen MR) is 53.9 cm³/mol. The number of nitrogens with zero attached hydrogens (tertiary/aromatic N) is 1. The smallest absolute Gasteiger partial charge is 0.146 e. The van der Waals surface area contributed by atoms with Crippen LogP contribution in [0.4, 0.5) is 0 Å². The van der Waals surface area contributed by atoms with Gasteiger partial charge in [0, 0.05) is 18.5 Å². The van der Waals surface area contributed by atoms with E-state index in [1.807, 2.05) is 11.8 Å². The summed E-state index contributed by atoms with van der Waals surface area (Å²) in [6.07, 6.45) is 1.57. The van der Waals surface area contributed by atoms with E-state index in [0.29, 0.717) is 13.0 Å². The largest absolute Gasteiger partial charge is 0.329 e. The van der Waals surface area contributed by atoms with Gasteiger partial charge >= 0.3 is 0 Å². The fourth-order valence-electron chi connectivity index (χ4n) is 2.34. The summed E-state index contributed by atoms with van der Waals surface area (Å²) in [7, 11) is 0. The minimum absolute atomic E-state index is 0.0476. The van der Waals surface area contributed by atoms with E-state index in [1.165, 1.54) is 0 Å². The van der Waals surface area contributed by atoms with Crippen molar-refractivity contribution < 1.29 is 9.59 Å². The van der Waals surface area contributed by atoms with Gasteiger partial charge in [-0.3, -0.25) is 9.69 Å². The number of nitrogens with two attached hydrogens (primary N) is 1. The first-order chi connectivity index (χ1) is 6.65. The van der Waals surface area contributed by atoms with E-state index in [1.54, 1.807) is 6.92 Å². The number of hydrogen-bond acceptors (Lipinski definition) is 4. The van der Waals surface area contributed by atoms with Crippen LogP contribution in [0, 0.1) is 5.92 Å². The molecule has 0 bridgehead atoms.